The van der Waals surface area contributed by atoms with E-state index in [0.29, 0.717) is 15.3 Å². The number of esters is 1. The maximum atomic E-state index is 12.7. The van der Waals surface area contributed by atoms with Crippen molar-refractivity contribution in [3.63, 3.8) is 0 Å². The fourth-order valence-corrected chi connectivity index (χ4v) is 5.05. The Kier molecular flexibility index (Phi) is 6.44. The van der Waals surface area contributed by atoms with Crippen molar-refractivity contribution in [2.45, 2.75) is 30.5 Å². The highest BCUT2D eigenvalue weighted by molar-refractivity contribution is 7.92. The molecule has 2 aromatic carbocycles. The predicted octanol–water partition coefficient (Wildman–Crippen LogP) is 3.45. The van der Waals surface area contributed by atoms with E-state index in [1.165, 1.54) is 42.7 Å². The largest absolute Gasteiger partial charge is 0.468 e. The van der Waals surface area contributed by atoms with Crippen molar-refractivity contribution < 1.29 is 22.7 Å². The van der Waals surface area contributed by atoms with Crippen LogP contribution in [0, 0.1) is 0 Å². The van der Waals surface area contributed by atoms with E-state index in [0.717, 1.165) is 4.70 Å². The third-order valence-corrected chi connectivity index (χ3v) is 7.85. The molecule has 1 aromatic heterocycles. The van der Waals surface area contributed by atoms with E-state index in [9.17, 15) is 18.0 Å². The Balaban J connectivity index is 2.04. The lowest BCUT2D eigenvalue weighted by atomic mass is 10.2. The molecule has 0 unspecified atom stereocenters. The van der Waals surface area contributed by atoms with Gasteiger partial charge in [0.25, 0.3) is 5.91 Å². The van der Waals surface area contributed by atoms with E-state index in [1.54, 1.807) is 36.6 Å². The van der Waals surface area contributed by atoms with Crippen LogP contribution in [0.4, 0.5) is 0 Å². The zero-order chi connectivity index (χ0) is 22.1. The van der Waals surface area contributed by atoms with Crippen molar-refractivity contribution in [1.82, 2.24) is 4.57 Å². The zero-order valence-electron chi connectivity index (χ0n) is 16.5. The fraction of sp³-hybridized carbons (Fsp3) is 0.250. The highest BCUT2D eigenvalue weighted by Gasteiger charge is 2.19. The number of benzene rings is 2. The maximum absolute atomic E-state index is 12.7. The molecule has 0 atom stereocenters. The van der Waals surface area contributed by atoms with E-state index in [-0.39, 0.29) is 17.0 Å². The van der Waals surface area contributed by atoms with Crippen LogP contribution in [0.25, 0.3) is 10.2 Å². The van der Waals surface area contributed by atoms with E-state index < -0.39 is 27.0 Å². The maximum Gasteiger partial charge on any atom is 0.325 e. The Labute approximate surface area is 182 Å². The van der Waals surface area contributed by atoms with Crippen molar-refractivity contribution in [2.24, 2.45) is 4.99 Å². The minimum absolute atomic E-state index is 0.115. The number of hydrogen-bond donors (Lipinski definition) is 0. The monoisotopic (exact) mass is 466 g/mol. The Hall–Kier alpha value is -2.49. The number of amides is 1. The van der Waals surface area contributed by atoms with Gasteiger partial charge in [-0.3, -0.25) is 9.59 Å². The lowest BCUT2D eigenvalue weighted by molar-refractivity contribution is -0.141. The molecule has 158 valence electrons. The van der Waals surface area contributed by atoms with Crippen LogP contribution in [0.15, 0.2) is 52.4 Å². The van der Waals surface area contributed by atoms with Crippen molar-refractivity contribution >= 4 is 54.9 Å². The van der Waals surface area contributed by atoms with Crippen LogP contribution in [-0.2, 0) is 25.9 Å². The molecule has 0 aliphatic carbocycles. The van der Waals surface area contributed by atoms with Gasteiger partial charge in [0.05, 0.1) is 27.5 Å². The molecule has 0 N–H and O–H groups in total. The summed E-state index contributed by atoms with van der Waals surface area (Å²) in [5.74, 6) is -1.04. The Morgan fingerprint density at radius 3 is 2.43 bits per heavy atom. The molecule has 0 fully saturated rings. The van der Waals surface area contributed by atoms with Crippen LogP contribution in [0.2, 0.25) is 5.02 Å². The van der Waals surface area contributed by atoms with E-state index in [1.807, 2.05) is 0 Å². The summed E-state index contributed by atoms with van der Waals surface area (Å²) in [4.78, 5) is 29.1. The molecule has 10 heteroatoms. The quantitative estimate of drug-likeness (QED) is 0.537. The second-order valence-corrected chi connectivity index (χ2v) is 10.6. The molecule has 0 radical (unpaired) electrons. The molecule has 0 aliphatic heterocycles. The number of fused-ring (bicyclic) bond motifs is 1. The highest BCUT2D eigenvalue weighted by Crippen LogP contribution is 2.22. The summed E-state index contributed by atoms with van der Waals surface area (Å²) in [5.41, 5.74) is 0.928. The van der Waals surface area contributed by atoms with Gasteiger partial charge in [0.1, 0.15) is 6.54 Å². The van der Waals surface area contributed by atoms with Gasteiger partial charge in [0, 0.05) is 10.6 Å². The van der Waals surface area contributed by atoms with Crippen LogP contribution in [0.5, 0.6) is 0 Å². The van der Waals surface area contributed by atoms with Gasteiger partial charge < -0.3 is 9.30 Å². The van der Waals surface area contributed by atoms with Gasteiger partial charge >= 0.3 is 5.97 Å². The van der Waals surface area contributed by atoms with Gasteiger partial charge in [-0.25, -0.2) is 8.42 Å². The van der Waals surface area contributed by atoms with Gasteiger partial charge in [-0.05, 0) is 56.3 Å². The predicted molar refractivity (Wildman–Crippen MR) is 115 cm³/mol. The van der Waals surface area contributed by atoms with Gasteiger partial charge in [0.15, 0.2) is 14.6 Å². The topological polar surface area (TPSA) is 94.8 Å². The molecular weight excluding hydrogens is 448 g/mol. The van der Waals surface area contributed by atoms with E-state index >= 15 is 0 Å². The molecular formula is C20H19ClN2O5S2. The number of nitrogens with zero attached hydrogens (tertiary/aromatic N) is 2. The molecule has 0 saturated carbocycles. The summed E-state index contributed by atoms with van der Waals surface area (Å²) in [6.07, 6.45) is 0. The molecule has 7 nitrogen and oxygen atoms in total. The third kappa shape index (κ3) is 4.48. The number of methoxy groups -OCH3 is 1. The second kappa shape index (κ2) is 8.71. The first-order chi connectivity index (χ1) is 14.1. The second-order valence-electron chi connectivity index (χ2n) is 6.69. The van der Waals surface area contributed by atoms with Gasteiger partial charge in [0.2, 0.25) is 0 Å². The minimum atomic E-state index is -3.43. The summed E-state index contributed by atoms with van der Waals surface area (Å²) in [7, 11) is -2.15. The molecule has 3 aromatic rings. The summed E-state index contributed by atoms with van der Waals surface area (Å²) in [6, 6.07) is 10.8. The number of hydrogen-bond acceptors (Lipinski definition) is 6. The Morgan fingerprint density at radius 2 is 1.83 bits per heavy atom. The normalized spacial score (nSPS) is 12.5. The van der Waals surface area contributed by atoms with Crippen LogP contribution in [-0.4, -0.2) is 37.2 Å². The van der Waals surface area contributed by atoms with Crippen LogP contribution >= 0.6 is 22.9 Å². The minimum Gasteiger partial charge on any atom is -0.468 e. The number of carbonyl (C=O) groups is 2. The number of carbonyl (C=O) groups excluding carboxylic acids is 2. The van der Waals surface area contributed by atoms with Crippen molar-refractivity contribution in [2.75, 3.05) is 7.11 Å². The number of rotatable bonds is 5. The molecule has 1 heterocycles. The first kappa shape index (κ1) is 22.2. The van der Waals surface area contributed by atoms with E-state index in [2.05, 4.69) is 4.99 Å². The molecule has 0 spiro atoms. The number of halogens is 1. The standard InChI is InChI=1S/C20H19ClN2O5S2/c1-12(2)30(26,27)15-7-4-13(5-8-15)19(25)22-20-23(11-18(24)28-3)16-9-6-14(21)10-17(16)29-20/h4-10,12H,11H2,1-3H3. The van der Waals surface area contributed by atoms with Crippen LogP contribution in [0.3, 0.4) is 0 Å². The molecule has 1 amide bonds. The van der Waals surface area contributed by atoms with Crippen LogP contribution in [0.1, 0.15) is 24.2 Å². The molecule has 3 rings (SSSR count). The van der Waals surface area contributed by atoms with Gasteiger partial charge in [-0.15, -0.1) is 0 Å². The molecule has 0 saturated heterocycles. The number of sulfone groups is 1. The summed E-state index contributed by atoms with van der Waals surface area (Å²) < 4.78 is 31.6. The zero-order valence-corrected chi connectivity index (χ0v) is 18.8. The smallest absolute Gasteiger partial charge is 0.325 e. The lowest BCUT2D eigenvalue weighted by Crippen LogP contribution is -2.22. The van der Waals surface area contributed by atoms with Crippen molar-refractivity contribution in [3.05, 3.63) is 57.9 Å². The van der Waals surface area contributed by atoms with Crippen LogP contribution < -0.4 is 4.80 Å². The van der Waals surface area contributed by atoms with E-state index in [4.69, 9.17) is 16.3 Å². The molecule has 0 aliphatic rings. The van der Waals surface area contributed by atoms with Crippen molar-refractivity contribution in [3.8, 4) is 0 Å². The van der Waals surface area contributed by atoms with Gasteiger partial charge in [-0.1, -0.05) is 22.9 Å². The Bertz CT molecular complexity index is 1290. The third-order valence-electron chi connectivity index (χ3n) is 4.41. The SMILES string of the molecule is COC(=O)Cn1c(=NC(=O)c2ccc(S(=O)(=O)C(C)C)cc2)sc2cc(Cl)ccc21. The number of thiazole rings is 1. The summed E-state index contributed by atoms with van der Waals surface area (Å²) in [5, 5.41) is -0.0415. The average molecular weight is 467 g/mol. The first-order valence-electron chi connectivity index (χ1n) is 8.92. The highest BCUT2D eigenvalue weighted by atomic mass is 35.5. The number of ether oxygens (including phenoxy) is 1. The lowest BCUT2D eigenvalue weighted by Gasteiger charge is -2.07. The fourth-order valence-electron chi connectivity index (χ4n) is 2.69. The van der Waals surface area contributed by atoms with Gasteiger partial charge in [-0.2, -0.15) is 4.99 Å². The molecule has 0 bridgehead atoms. The Morgan fingerprint density at radius 1 is 1.17 bits per heavy atom. The summed E-state index contributed by atoms with van der Waals surface area (Å²) >= 11 is 7.26. The average Bonchev–Trinajstić information content (AvgIpc) is 3.03. The molecule has 30 heavy (non-hydrogen) atoms. The summed E-state index contributed by atoms with van der Waals surface area (Å²) in [6.45, 7) is 3.07. The van der Waals surface area contributed by atoms with Crippen molar-refractivity contribution in [1.29, 1.82) is 0 Å². The first-order valence-corrected chi connectivity index (χ1v) is 11.7. The number of aromatic nitrogens is 1.